The molecule has 7 rings (SSSR count). The molecule has 0 aliphatic carbocycles. The topological polar surface area (TPSA) is 316 Å². The van der Waals surface area contributed by atoms with Gasteiger partial charge in [0.2, 0.25) is 5.91 Å². The maximum absolute atomic E-state index is 12.3. The first-order valence-electron chi connectivity index (χ1n) is 22.0. The number of nitrogens with zero attached hydrogens (tertiary/aromatic N) is 15. The molecule has 394 valence electrons. The van der Waals surface area contributed by atoms with E-state index in [1.807, 2.05) is 13.2 Å². The lowest BCUT2D eigenvalue weighted by molar-refractivity contribution is -0.139. The van der Waals surface area contributed by atoms with Crippen LogP contribution in [0.5, 0.6) is 0 Å². The monoisotopic (exact) mass is 1010 g/mol. The van der Waals surface area contributed by atoms with Crippen LogP contribution in [0.25, 0.3) is 11.2 Å². The molecule has 0 fully saturated rings. The largest absolute Gasteiger partial charge is 0.480 e. The van der Waals surface area contributed by atoms with Gasteiger partial charge in [0.25, 0.3) is 11.5 Å². The molecule has 1 aromatic carbocycles. The van der Waals surface area contributed by atoms with E-state index in [-0.39, 0.29) is 76.6 Å². The number of nitrogens with two attached hydrogens (primary N) is 1. The molecular weight excluding hydrogens is 942 g/mol. The Morgan fingerprint density at radius 2 is 1.21 bits per heavy atom. The fourth-order valence-corrected chi connectivity index (χ4v) is 5.75. The van der Waals surface area contributed by atoms with Crippen LogP contribution >= 0.6 is 0 Å². The number of halogens is 3. The number of amides is 2. The lowest BCUT2D eigenvalue weighted by Gasteiger charge is -2.14. The van der Waals surface area contributed by atoms with Gasteiger partial charge in [-0.25, -0.2) is 19.7 Å². The molecule has 0 bridgehead atoms. The zero-order valence-corrected chi connectivity index (χ0v) is 40.0. The van der Waals surface area contributed by atoms with Crippen molar-refractivity contribution in [1.29, 1.82) is 0 Å². The van der Waals surface area contributed by atoms with Crippen molar-refractivity contribution >= 4 is 34.6 Å². The molecule has 0 saturated carbocycles. The number of carbonyl (C=O) groups excluding carboxylic acids is 2. The summed E-state index contributed by atoms with van der Waals surface area (Å²) >= 11 is 0. The van der Waals surface area contributed by atoms with Gasteiger partial charge in [0.1, 0.15) is 11.9 Å². The first-order valence-corrected chi connectivity index (χ1v) is 22.0. The number of benzene rings is 1. The van der Waals surface area contributed by atoms with Crippen LogP contribution < -0.4 is 21.9 Å². The molecule has 2 amide bonds. The highest BCUT2D eigenvalue weighted by Crippen LogP contribution is 2.12. The summed E-state index contributed by atoms with van der Waals surface area (Å²) in [5, 5.41) is 44.7. The number of carboxylic acid groups (broad SMARTS) is 1. The Morgan fingerprint density at radius 1 is 0.722 bits per heavy atom. The number of H-pyrrole nitrogens is 1. The Kier molecular flexibility index (Phi) is 28.9. The lowest BCUT2D eigenvalue weighted by atomic mass is 10.1. The Labute approximate surface area is 415 Å². The summed E-state index contributed by atoms with van der Waals surface area (Å²) in [6, 6.07) is 5.10. The van der Waals surface area contributed by atoms with Gasteiger partial charge in [0, 0.05) is 77.1 Å². The van der Waals surface area contributed by atoms with Crippen LogP contribution in [-0.2, 0) is 70.0 Å². The molecule has 0 saturated heterocycles. The molecule has 7 aromatic rings. The minimum atomic E-state index is -1.25. The summed E-state index contributed by atoms with van der Waals surface area (Å²) in [4.78, 5) is 61.6. The van der Waals surface area contributed by atoms with Crippen LogP contribution in [0.2, 0.25) is 0 Å². The zero-order valence-electron chi connectivity index (χ0n) is 40.0. The molecule has 0 aliphatic heterocycles. The number of aliphatic carboxylic acids is 1. The Hall–Kier alpha value is -8.00. The second-order valence-corrected chi connectivity index (χ2v) is 15.3. The highest BCUT2D eigenvalue weighted by Gasteiger charge is 2.21. The van der Waals surface area contributed by atoms with Crippen molar-refractivity contribution in [3.8, 4) is 0 Å². The van der Waals surface area contributed by atoms with E-state index in [2.05, 4.69) is 78.7 Å². The number of nitrogens with one attached hydrogen (secondary N) is 3. The fraction of sp³-hybridized carbons (Fsp3) is 0.489. The zero-order chi connectivity index (χ0) is 51.4. The quantitative estimate of drug-likeness (QED) is 0.0767. The molecule has 0 aliphatic rings. The third-order valence-corrected chi connectivity index (χ3v) is 9.08. The predicted molar refractivity (Wildman–Crippen MR) is 264 cm³/mol. The van der Waals surface area contributed by atoms with Crippen LogP contribution in [0.4, 0.5) is 18.9 Å². The standard InChI is InChI=1S/C20H21N7O5.2C6H10FN3.C6H11N3.C5H8FN3.2CH4/c1-10-24-17-16(19(30)25-10)26-13(9-23-17)8-22-12-4-2-11(3-5-12)18(29)27-14(20(31)32)6-7-15(21)28;2*1-10-5-6(8-9-10)3-2-4-7;1-3-4-6-5-9(2)8-7-6;1-9-4-5(2-3-6)7-8-9;;/h2-5,9,14,22H,6-8H2,1H3,(H2,21,28)(H,27,29)(H,31,32)(H,23,24,25,30);2*5H,2-4H2,1H3;5H,3-4H2,1-2H3;4H,2-3H2,1H3;2*1H4/i;7-1;;;6-1;;. The van der Waals surface area contributed by atoms with E-state index in [4.69, 9.17) is 5.73 Å². The van der Waals surface area contributed by atoms with Crippen molar-refractivity contribution in [2.45, 2.75) is 99.1 Å². The van der Waals surface area contributed by atoms with E-state index in [0.717, 1.165) is 29.9 Å². The first kappa shape index (κ1) is 62.0. The summed E-state index contributed by atoms with van der Waals surface area (Å²) in [6.07, 6.45) is 13.5. The molecule has 6 N–H and O–H groups in total. The highest BCUT2D eigenvalue weighted by atomic mass is 19.1. The lowest BCUT2D eigenvalue weighted by Crippen LogP contribution is -2.41. The second kappa shape index (κ2) is 33.5. The fourth-order valence-electron chi connectivity index (χ4n) is 5.75. The van der Waals surface area contributed by atoms with Gasteiger partial charge in [-0.3, -0.25) is 46.3 Å². The molecule has 6 heterocycles. The number of anilines is 1. The maximum Gasteiger partial charge on any atom is 0.326 e. The van der Waals surface area contributed by atoms with Crippen molar-refractivity contribution in [2.75, 3.05) is 25.3 Å². The van der Waals surface area contributed by atoms with Gasteiger partial charge in [-0.2, -0.15) is 0 Å². The third kappa shape index (κ3) is 23.5. The van der Waals surface area contributed by atoms with Crippen molar-refractivity contribution in [1.82, 2.24) is 85.2 Å². The van der Waals surface area contributed by atoms with E-state index >= 15 is 0 Å². The van der Waals surface area contributed by atoms with Crippen molar-refractivity contribution in [3.63, 3.8) is 0 Å². The molecule has 0 radical (unpaired) electrons. The predicted octanol–water partition coefficient (Wildman–Crippen LogP) is 3.88. The molecule has 1 atom stereocenters. The number of carboxylic acids is 1. The van der Waals surface area contributed by atoms with Gasteiger partial charge in [0.15, 0.2) is 11.2 Å². The average Bonchev–Trinajstić information content (AvgIpc) is 4.16. The number of carbonyl (C=O) groups is 3. The van der Waals surface area contributed by atoms with Gasteiger partial charge in [-0.15, -0.1) is 20.4 Å². The minimum absolute atomic E-state index is 0. The number of rotatable bonds is 19. The van der Waals surface area contributed by atoms with Crippen LogP contribution in [0.15, 0.2) is 60.0 Å². The maximum atomic E-state index is 12.3. The molecular formula is C45H68F3N19O5. The van der Waals surface area contributed by atoms with Crippen LogP contribution in [0.3, 0.4) is 0 Å². The normalized spacial score (nSPS) is 10.5. The van der Waals surface area contributed by atoms with E-state index in [1.54, 1.807) is 77.5 Å². The number of hydrogen-bond donors (Lipinski definition) is 5. The van der Waals surface area contributed by atoms with Gasteiger partial charge < -0.3 is 26.5 Å². The Balaban J connectivity index is 0.000000525. The van der Waals surface area contributed by atoms with E-state index < -0.39 is 23.8 Å². The molecule has 24 nitrogen and oxygen atoms in total. The summed E-state index contributed by atoms with van der Waals surface area (Å²) in [5.41, 5.74) is 10.0. The van der Waals surface area contributed by atoms with Crippen LogP contribution in [-0.4, -0.2) is 129 Å². The third-order valence-electron chi connectivity index (χ3n) is 9.08. The van der Waals surface area contributed by atoms with Gasteiger partial charge in [-0.05, 0) is 69.7 Å². The number of fused-ring (bicyclic) bond motifs is 1. The summed E-state index contributed by atoms with van der Waals surface area (Å²) in [6.45, 7) is 3.14. The molecule has 1 unspecified atom stereocenters. The number of aromatic amines is 1. The van der Waals surface area contributed by atoms with Gasteiger partial charge in [-0.1, -0.05) is 49.1 Å². The number of aromatic nitrogens is 16. The number of alkyl halides is 3. The molecule has 6 aromatic heterocycles. The molecule has 0 spiro atoms. The highest BCUT2D eigenvalue weighted by molar-refractivity contribution is 5.97. The molecule has 27 heteroatoms. The number of primary amides is 1. The van der Waals surface area contributed by atoms with Crippen molar-refractivity contribution < 1.29 is 32.7 Å². The SMILES string of the molecule is C.C.CCCc1cn(C)nn1.Cc1nc2ncc(CNc3ccc(C(=O)NC(CCC(N)=O)C(=O)O)cc3)nc2c(=O)[nH]1.Cn1cc(CCCF)nn1.Cn1cc(CCC[18F])nn1.Cn1cc(CC[18F])nn1. The summed E-state index contributed by atoms with van der Waals surface area (Å²) in [5.74, 6) is -2.03. The van der Waals surface area contributed by atoms with Crippen LogP contribution in [0, 0.1) is 6.92 Å². The first-order chi connectivity index (χ1) is 33.5. The minimum Gasteiger partial charge on any atom is -0.480 e. The average molecular weight is 1010 g/mol. The summed E-state index contributed by atoms with van der Waals surface area (Å²) in [7, 11) is 7.23. The van der Waals surface area contributed by atoms with E-state index in [1.165, 1.54) is 18.3 Å². The van der Waals surface area contributed by atoms with Crippen molar-refractivity contribution in [3.05, 3.63) is 105 Å². The Morgan fingerprint density at radius 3 is 1.62 bits per heavy atom. The van der Waals surface area contributed by atoms with Gasteiger partial charge >= 0.3 is 5.97 Å². The van der Waals surface area contributed by atoms with Crippen molar-refractivity contribution in [2.24, 2.45) is 33.9 Å². The number of aryl methyl sites for hydroxylation is 9. The number of hydrogen-bond acceptors (Lipinski definition) is 16. The van der Waals surface area contributed by atoms with Gasteiger partial charge in [0.05, 0.1) is 61.2 Å². The van der Waals surface area contributed by atoms with E-state index in [9.17, 15) is 37.5 Å². The van der Waals surface area contributed by atoms with E-state index in [0.29, 0.717) is 55.0 Å². The van der Waals surface area contributed by atoms with Crippen LogP contribution in [0.1, 0.15) is 98.5 Å². The second-order valence-electron chi connectivity index (χ2n) is 15.3. The molecule has 72 heavy (non-hydrogen) atoms. The summed E-state index contributed by atoms with van der Waals surface area (Å²) < 4.78 is 41.4. The smallest absolute Gasteiger partial charge is 0.326 e. The Bertz CT molecular complexity index is 2620.